The maximum Gasteiger partial charge on any atom is 0.412 e. The Balaban J connectivity index is 2.04. The molecular weight excluding hydrogens is 269 g/mol. The normalized spacial score (nSPS) is 22.7. The Morgan fingerprint density at radius 1 is 1.16 bits per heavy atom. The highest BCUT2D eigenvalue weighted by atomic mass is 32.2. The molecule has 0 nitrogen and oxygen atoms in total. The van der Waals surface area contributed by atoms with Gasteiger partial charge in [0.2, 0.25) is 0 Å². The molecule has 19 heavy (non-hydrogen) atoms. The minimum atomic E-state index is -4.19. The van der Waals surface area contributed by atoms with Gasteiger partial charge in [-0.1, -0.05) is 36.9 Å². The van der Waals surface area contributed by atoms with Gasteiger partial charge in [0, 0.05) is 16.4 Å². The maximum atomic E-state index is 12.8. The van der Waals surface area contributed by atoms with Gasteiger partial charge in [-0.05, 0) is 41.0 Å². The topological polar surface area (TPSA) is 0 Å². The minimum absolute atomic E-state index is 0.0464. The molecule has 0 radical (unpaired) electrons. The first-order valence-corrected chi connectivity index (χ1v) is 7.06. The number of hydrogen-bond acceptors (Lipinski definition) is 1. The van der Waals surface area contributed by atoms with Crippen molar-refractivity contribution in [3.8, 4) is 0 Å². The number of fused-ring (bicyclic) bond motifs is 1. The van der Waals surface area contributed by atoms with Crippen LogP contribution in [0.2, 0.25) is 0 Å². The molecule has 0 fully saturated rings. The van der Waals surface area contributed by atoms with Gasteiger partial charge >= 0.3 is 6.18 Å². The summed E-state index contributed by atoms with van der Waals surface area (Å²) in [5.41, 5.74) is 1.59. The number of benzene rings is 1. The Hall–Kier alpha value is -1.16. The van der Waals surface area contributed by atoms with E-state index in [4.69, 9.17) is 0 Å². The molecule has 3 rings (SSSR count). The molecule has 1 aliphatic carbocycles. The van der Waals surface area contributed by atoms with Crippen molar-refractivity contribution in [2.75, 3.05) is 0 Å². The van der Waals surface area contributed by atoms with Crippen LogP contribution < -0.4 is 0 Å². The standard InChI is InChI=1S/C15H13F3S/c1-9-11-4-2-3-5-13(11)19-14-7-6-10(8-12(9)14)15(16,17)18/h2-5,8-9H,6-7H2,1H3. The van der Waals surface area contributed by atoms with Crippen LogP contribution in [0.5, 0.6) is 0 Å². The molecule has 0 saturated heterocycles. The average Bonchev–Trinajstić information content (AvgIpc) is 2.37. The van der Waals surface area contributed by atoms with Gasteiger partial charge in [0.25, 0.3) is 0 Å². The van der Waals surface area contributed by atoms with E-state index in [1.165, 1.54) is 11.0 Å². The number of halogens is 3. The minimum Gasteiger partial charge on any atom is -0.166 e. The molecule has 1 aromatic rings. The molecule has 2 aliphatic rings. The third kappa shape index (κ3) is 2.22. The van der Waals surface area contributed by atoms with Crippen molar-refractivity contribution in [1.82, 2.24) is 0 Å². The predicted octanol–water partition coefficient (Wildman–Crippen LogP) is 5.43. The van der Waals surface area contributed by atoms with Gasteiger partial charge in [0.1, 0.15) is 0 Å². The number of hydrogen-bond donors (Lipinski definition) is 0. The number of alkyl halides is 3. The predicted molar refractivity (Wildman–Crippen MR) is 71.1 cm³/mol. The lowest BCUT2D eigenvalue weighted by atomic mass is 9.86. The fourth-order valence-electron chi connectivity index (χ4n) is 2.66. The summed E-state index contributed by atoms with van der Waals surface area (Å²) in [6, 6.07) is 7.97. The molecule has 100 valence electrons. The van der Waals surface area contributed by atoms with E-state index >= 15 is 0 Å². The van der Waals surface area contributed by atoms with Crippen LogP contribution in [-0.2, 0) is 0 Å². The van der Waals surface area contributed by atoms with Gasteiger partial charge < -0.3 is 0 Å². The molecule has 0 amide bonds. The van der Waals surface area contributed by atoms with Crippen LogP contribution in [0, 0.1) is 0 Å². The summed E-state index contributed by atoms with van der Waals surface area (Å²) in [5, 5.41) is 0. The second-order valence-electron chi connectivity index (χ2n) is 4.91. The van der Waals surface area contributed by atoms with Crippen molar-refractivity contribution in [3.63, 3.8) is 0 Å². The van der Waals surface area contributed by atoms with Gasteiger partial charge in [-0.2, -0.15) is 13.2 Å². The monoisotopic (exact) mass is 282 g/mol. The molecule has 4 heteroatoms. The van der Waals surface area contributed by atoms with E-state index in [2.05, 4.69) is 0 Å². The second kappa shape index (κ2) is 4.44. The van der Waals surface area contributed by atoms with E-state index < -0.39 is 11.7 Å². The Labute approximate surface area is 114 Å². The van der Waals surface area contributed by atoms with Crippen molar-refractivity contribution >= 4 is 11.8 Å². The molecule has 1 unspecified atom stereocenters. The lowest BCUT2D eigenvalue weighted by Gasteiger charge is -2.30. The van der Waals surface area contributed by atoms with Crippen LogP contribution in [0.3, 0.4) is 0 Å². The van der Waals surface area contributed by atoms with Crippen molar-refractivity contribution in [2.24, 2.45) is 0 Å². The highest BCUT2D eigenvalue weighted by Crippen LogP contribution is 2.50. The van der Waals surface area contributed by atoms with E-state index in [0.717, 1.165) is 16.0 Å². The van der Waals surface area contributed by atoms with Gasteiger partial charge in [0.15, 0.2) is 0 Å². The smallest absolute Gasteiger partial charge is 0.166 e. The molecule has 0 spiro atoms. The molecular formula is C15H13F3S. The third-order valence-corrected chi connectivity index (χ3v) is 5.00. The summed E-state index contributed by atoms with van der Waals surface area (Å²) < 4.78 is 38.5. The number of thioether (sulfide) groups is 1. The average molecular weight is 282 g/mol. The summed E-state index contributed by atoms with van der Waals surface area (Å²) in [5.74, 6) is 0.0464. The second-order valence-corrected chi connectivity index (χ2v) is 6.04. The molecule has 0 saturated carbocycles. The van der Waals surface area contributed by atoms with Crippen LogP contribution in [0.25, 0.3) is 0 Å². The zero-order chi connectivity index (χ0) is 13.6. The van der Waals surface area contributed by atoms with Crippen LogP contribution in [0.15, 0.2) is 51.3 Å². The largest absolute Gasteiger partial charge is 0.412 e. The molecule has 1 aliphatic heterocycles. The van der Waals surface area contributed by atoms with E-state index in [-0.39, 0.29) is 12.3 Å². The number of rotatable bonds is 0. The van der Waals surface area contributed by atoms with Crippen molar-refractivity contribution in [2.45, 2.75) is 36.8 Å². The fourth-order valence-corrected chi connectivity index (χ4v) is 4.00. The van der Waals surface area contributed by atoms with Crippen LogP contribution in [0.1, 0.15) is 31.2 Å². The summed E-state index contributed by atoms with van der Waals surface area (Å²) in [6.07, 6.45) is -2.22. The van der Waals surface area contributed by atoms with Crippen molar-refractivity contribution in [3.05, 3.63) is 52.0 Å². The Kier molecular flexibility index (Phi) is 3.01. The molecule has 0 bridgehead atoms. The lowest BCUT2D eigenvalue weighted by Crippen LogP contribution is -2.17. The summed E-state index contributed by atoms with van der Waals surface area (Å²) in [7, 11) is 0. The van der Waals surface area contributed by atoms with Gasteiger partial charge in [-0.15, -0.1) is 0 Å². The first kappa shape index (κ1) is 12.9. The Bertz CT molecular complexity index is 581. The molecule has 1 atom stereocenters. The Morgan fingerprint density at radius 2 is 1.89 bits per heavy atom. The Morgan fingerprint density at radius 3 is 2.63 bits per heavy atom. The van der Waals surface area contributed by atoms with E-state index in [1.807, 2.05) is 31.2 Å². The van der Waals surface area contributed by atoms with Gasteiger partial charge in [0.05, 0.1) is 0 Å². The summed E-state index contributed by atoms with van der Waals surface area (Å²) >= 11 is 1.63. The quantitative estimate of drug-likeness (QED) is 0.611. The SMILES string of the molecule is CC1C2=C(CCC(C(F)(F)F)=C2)Sc2ccccc21. The first-order chi connectivity index (χ1) is 8.97. The van der Waals surface area contributed by atoms with Gasteiger partial charge in [-0.3, -0.25) is 0 Å². The van der Waals surface area contributed by atoms with Crippen molar-refractivity contribution in [1.29, 1.82) is 0 Å². The third-order valence-electron chi connectivity index (χ3n) is 3.72. The van der Waals surface area contributed by atoms with Crippen molar-refractivity contribution < 1.29 is 13.2 Å². The van der Waals surface area contributed by atoms with E-state index in [0.29, 0.717) is 6.42 Å². The van der Waals surface area contributed by atoms with Crippen LogP contribution >= 0.6 is 11.8 Å². The highest BCUT2D eigenvalue weighted by molar-refractivity contribution is 8.03. The molecule has 1 aromatic carbocycles. The maximum absolute atomic E-state index is 12.8. The zero-order valence-electron chi connectivity index (χ0n) is 10.4. The first-order valence-electron chi connectivity index (χ1n) is 6.24. The van der Waals surface area contributed by atoms with Crippen LogP contribution in [0.4, 0.5) is 13.2 Å². The molecule has 0 N–H and O–H groups in total. The highest BCUT2D eigenvalue weighted by Gasteiger charge is 2.37. The van der Waals surface area contributed by atoms with Gasteiger partial charge in [-0.25, -0.2) is 0 Å². The summed E-state index contributed by atoms with van der Waals surface area (Å²) in [4.78, 5) is 2.27. The zero-order valence-corrected chi connectivity index (χ0v) is 11.2. The van der Waals surface area contributed by atoms with E-state index in [9.17, 15) is 13.2 Å². The molecule has 0 aromatic heterocycles. The number of allylic oxidation sites excluding steroid dienone is 4. The molecule has 1 heterocycles. The van der Waals surface area contributed by atoms with E-state index in [1.54, 1.807) is 11.8 Å². The fraction of sp³-hybridized carbons (Fsp3) is 0.333. The summed E-state index contributed by atoms with van der Waals surface area (Å²) in [6.45, 7) is 1.99. The van der Waals surface area contributed by atoms with Crippen LogP contribution in [-0.4, -0.2) is 6.18 Å². The lowest BCUT2D eigenvalue weighted by molar-refractivity contribution is -0.0941.